The lowest BCUT2D eigenvalue weighted by atomic mass is 10.1. The van der Waals surface area contributed by atoms with E-state index >= 15 is 0 Å². The van der Waals surface area contributed by atoms with Crippen LogP contribution in [0.5, 0.6) is 5.75 Å². The molecule has 1 amide bonds. The Labute approximate surface area is 170 Å². The van der Waals surface area contributed by atoms with Gasteiger partial charge in [-0.15, -0.1) is 5.10 Å². The minimum absolute atomic E-state index is 0.103. The lowest BCUT2D eigenvalue weighted by Gasteiger charge is -2.15. The molecular weight excluding hydrogens is 382 g/mol. The van der Waals surface area contributed by atoms with Crippen molar-refractivity contribution in [2.75, 3.05) is 18.9 Å². The van der Waals surface area contributed by atoms with Gasteiger partial charge < -0.3 is 15.4 Å². The van der Waals surface area contributed by atoms with Gasteiger partial charge in [0.25, 0.3) is 12.3 Å². The van der Waals surface area contributed by atoms with Crippen LogP contribution in [0.2, 0.25) is 0 Å². The highest BCUT2D eigenvalue weighted by atomic mass is 19.3. The van der Waals surface area contributed by atoms with Crippen LogP contribution in [0, 0.1) is 0 Å². The first-order valence-electron chi connectivity index (χ1n) is 10.2. The average molecular weight is 405 g/mol. The Balaban J connectivity index is 1.94. The van der Waals surface area contributed by atoms with Crippen LogP contribution in [0.1, 0.15) is 21.5 Å². The maximum Gasteiger partial charge on any atom is 0.273 e. The molecule has 0 aliphatic heterocycles. The van der Waals surface area contributed by atoms with E-state index in [4.69, 9.17) is 8.85 Å². The summed E-state index contributed by atoms with van der Waals surface area (Å²) in [6, 6.07) is 6.28. The minimum Gasteiger partial charge on any atom is -0.485 e. The van der Waals surface area contributed by atoms with E-state index < -0.39 is 25.9 Å². The van der Waals surface area contributed by atoms with Crippen molar-refractivity contribution < 1.29 is 22.4 Å². The molecule has 2 aromatic heterocycles. The first-order valence-corrected chi connectivity index (χ1v) is 8.65. The number of carbonyl (C=O) groups excluding carboxylic acids is 1. The van der Waals surface area contributed by atoms with Crippen molar-refractivity contribution >= 4 is 17.3 Å². The third-order valence-electron chi connectivity index (χ3n) is 3.96. The average Bonchev–Trinajstić information content (AvgIpc) is 3.21. The minimum atomic E-state index is -2.72. The van der Waals surface area contributed by atoms with Gasteiger partial charge in [-0.1, -0.05) is 6.07 Å². The molecule has 29 heavy (non-hydrogen) atoms. The topological polar surface area (TPSA) is 94.0 Å². The SMILES string of the molecule is [2H]C([2H])([2H])NC(=O)c1nnccc1Nc1ccc(-c2cnn(CC)c2)cc1OCC(F)F. The molecule has 0 saturated heterocycles. The summed E-state index contributed by atoms with van der Waals surface area (Å²) in [4.78, 5) is 12.3. The predicted molar refractivity (Wildman–Crippen MR) is 104 cm³/mol. The zero-order valence-corrected chi connectivity index (χ0v) is 15.4. The van der Waals surface area contributed by atoms with Crippen LogP contribution in [0.15, 0.2) is 42.9 Å². The normalized spacial score (nSPS) is 12.8. The maximum atomic E-state index is 12.8. The Morgan fingerprint density at radius 2 is 2.17 bits per heavy atom. The largest absolute Gasteiger partial charge is 0.485 e. The summed E-state index contributed by atoms with van der Waals surface area (Å²) in [5.74, 6) is -0.870. The van der Waals surface area contributed by atoms with Gasteiger partial charge in [0.05, 0.1) is 23.8 Å². The summed E-state index contributed by atoms with van der Waals surface area (Å²) in [7, 11) is 0. The summed E-state index contributed by atoms with van der Waals surface area (Å²) in [5, 5.41) is 16.2. The van der Waals surface area contributed by atoms with Gasteiger partial charge in [-0.2, -0.15) is 10.2 Å². The lowest BCUT2D eigenvalue weighted by molar-refractivity contribution is 0.0823. The van der Waals surface area contributed by atoms with Crippen molar-refractivity contribution in [2.24, 2.45) is 0 Å². The number of anilines is 2. The zero-order chi connectivity index (χ0) is 23.3. The summed E-state index contributed by atoms with van der Waals surface area (Å²) >= 11 is 0. The van der Waals surface area contributed by atoms with Gasteiger partial charge in [0, 0.05) is 29.4 Å². The van der Waals surface area contributed by atoms with Crippen molar-refractivity contribution in [3.05, 3.63) is 48.5 Å². The molecule has 2 heterocycles. The monoisotopic (exact) mass is 405 g/mol. The molecule has 0 saturated carbocycles. The maximum absolute atomic E-state index is 12.8. The molecule has 0 fully saturated rings. The standard InChI is InChI=1S/C19H20F2N6O2/c1-3-27-10-13(9-24-27)12-4-5-14(16(8-12)29-11-17(20)21)25-15-6-7-23-26-18(15)19(28)22-2/h4-10,17H,3,11H2,1-2H3,(H,22,28)(H,23,25)/i2D3. The number of halogens is 2. The van der Waals surface area contributed by atoms with E-state index in [0.717, 1.165) is 5.56 Å². The molecule has 152 valence electrons. The number of alkyl halides is 2. The molecule has 1 aromatic carbocycles. The molecular formula is C19H20F2N6O2. The highest BCUT2D eigenvalue weighted by Gasteiger charge is 2.16. The highest BCUT2D eigenvalue weighted by Crippen LogP contribution is 2.33. The fraction of sp³-hybridized carbons (Fsp3) is 0.263. The third-order valence-corrected chi connectivity index (χ3v) is 3.96. The van der Waals surface area contributed by atoms with E-state index in [1.165, 1.54) is 12.3 Å². The third kappa shape index (κ3) is 4.84. The molecule has 0 radical (unpaired) electrons. The van der Waals surface area contributed by atoms with Gasteiger partial charge in [0.1, 0.15) is 12.4 Å². The number of carbonyl (C=O) groups is 1. The molecule has 2 N–H and O–H groups in total. The van der Waals surface area contributed by atoms with Crippen LogP contribution in [0.3, 0.4) is 0 Å². The molecule has 3 aromatic rings. The Hall–Kier alpha value is -3.56. The van der Waals surface area contributed by atoms with Gasteiger partial charge in [-0.05, 0) is 30.7 Å². The first kappa shape index (κ1) is 16.4. The Morgan fingerprint density at radius 1 is 1.31 bits per heavy atom. The number of ether oxygens (including phenoxy) is 1. The van der Waals surface area contributed by atoms with Crippen LogP contribution in [0.4, 0.5) is 20.2 Å². The van der Waals surface area contributed by atoms with Crippen LogP contribution in [-0.4, -0.2) is 45.9 Å². The first-order chi connectivity index (χ1) is 15.2. The lowest BCUT2D eigenvalue weighted by Crippen LogP contribution is -2.21. The summed E-state index contributed by atoms with van der Waals surface area (Å²) in [6.07, 6.45) is 2.05. The predicted octanol–water partition coefficient (Wildman–Crippen LogP) is 3.11. The number of rotatable bonds is 8. The zero-order valence-electron chi connectivity index (χ0n) is 18.4. The van der Waals surface area contributed by atoms with Crippen LogP contribution in [0.25, 0.3) is 11.1 Å². The van der Waals surface area contributed by atoms with E-state index in [0.29, 0.717) is 12.1 Å². The van der Waals surface area contributed by atoms with Gasteiger partial charge in [0.2, 0.25) is 0 Å². The van der Waals surface area contributed by atoms with Crippen molar-refractivity contribution in [2.45, 2.75) is 19.9 Å². The number of nitrogens with one attached hydrogen (secondary N) is 2. The van der Waals surface area contributed by atoms with E-state index in [1.807, 2.05) is 18.4 Å². The van der Waals surface area contributed by atoms with E-state index in [9.17, 15) is 13.6 Å². The molecule has 0 unspecified atom stereocenters. The van der Waals surface area contributed by atoms with Crippen LogP contribution < -0.4 is 15.4 Å². The second-order valence-corrected chi connectivity index (χ2v) is 5.87. The molecule has 8 nitrogen and oxygen atoms in total. The number of nitrogens with zero attached hydrogens (tertiary/aromatic N) is 4. The van der Waals surface area contributed by atoms with Crippen LogP contribution in [-0.2, 0) is 6.54 Å². The van der Waals surface area contributed by atoms with Gasteiger partial charge in [0.15, 0.2) is 5.69 Å². The summed E-state index contributed by atoms with van der Waals surface area (Å²) in [6.45, 7) is -0.955. The Kier molecular flexibility index (Phi) is 5.14. The Morgan fingerprint density at radius 3 is 2.90 bits per heavy atom. The molecule has 0 aliphatic carbocycles. The van der Waals surface area contributed by atoms with Crippen LogP contribution >= 0.6 is 0 Å². The summed E-state index contributed by atoms with van der Waals surface area (Å²) in [5.41, 5.74) is 1.57. The second kappa shape index (κ2) is 9.09. The Bertz CT molecular complexity index is 1090. The van der Waals surface area contributed by atoms with Crippen molar-refractivity contribution in [1.29, 1.82) is 0 Å². The quantitative estimate of drug-likeness (QED) is 0.598. The smallest absolute Gasteiger partial charge is 0.273 e. The van der Waals surface area contributed by atoms with E-state index in [1.54, 1.807) is 29.1 Å². The van der Waals surface area contributed by atoms with Crippen molar-refractivity contribution in [3.8, 4) is 16.9 Å². The molecule has 0 atom stereocenters. The molecule has 0 aliphatic rings. The fourth-order valence-corrected chi connectivity index (χ4v) is 2.57. The molecule has 3 rings (SSSR count). The highest BCUT2D eigenvalue weighted by molar-refractivity contribution is 5.98. The number of aryl methyl sites for hydroxylation is 1. The van der Waals surface area contributed by atoms with Gasteiger partial charge in [-0.3, -0.25) is 9.48 Å². The van der Waals surface area contributed by atoms with E-state index in [2.05, 4.69) is 20.6 Å². The fourth-order valence-electron chi connectivity index (χ4n) is 2.57. The second-order valence-electron chi connectivity index (χ2n) is 5.87. The number of benzene rings is 1. The van der Waals surface area contributed by atoms with Crippen molar-refractivity contribution in [1.82, 2.24) is 25.3 Å². The number of hydrogen-bond acceptors (Lipinski definition) is 6. The van der Waals surface area contributed by atoms with Gasteiger partial charge >= 0.3 is 0 Å². The molecule has 0 bridgehead atoms. The number of hydrogen-bond donors (Lipinski definition) is 2. The number of amides is 1. The summed E-state index contributed by atoms with van der Waals surface area (Å²) < 4.78 is 54.2. The number of aromatic nitrogens is 4. The van der Waals surface area contributed by atoms with Gasteiger partial charge in [-0.25, -0.2) is 8.78 Å². The van der Waals surface area contributed by atoms with E-state index in [-0.39, 0.29) is 22.8 Å². The van der Waals surface area contributed by atoms with Crippen molar-refractivity contribution in [3.63, 3.8) is 0 Å². The molecule has 10 heteroatoms. The molecule has 0 spiro atoms.